The van der Waals surface area contributed by atoms with Crippen LogP contribution >= 0.6 is 0 Å². The van der Waals surface area contributed by atoms with Gasteiger partial charge < -0.3 is 10.2 Å². The van der Waals surface area contributed by atoms with Crippen LogP contribution in [0.15, 0.2) is 18.2 Å². The number of nitriles is 1. The Kier molecular flexibility index (Phi) is 5.11. The minimum atomic E-state index is -0.589. The summed E-state index contributed by atoms with van der Waals surface area (Å²) in [4.78, 5) is 40.3. The first-order valence-corrected chi connectivity index (χ1v) is 9.65. The number of nitrogens with zero attached hydrogens (tertiary/aromatic N) is 3. The molecular weight excluding hydrogens is 358 g/mol. The average molecular weight is 381 g/mol. The molecule has 3 heterocycles. The first-order chi connectivity index (χ1) is 13.6. The van der Waals surface area contributed by atoms with Crippen LogP contribution in [0.4, 0.5) is 0 Å². The predicted molar refractivity (Wildman–Crippen MR) is 99.8 cm³/mol. The molecule has 2 fully saturated rings. The summed E-state index contributed by atoms with van der Waals surface area (Å²) in [6, 6.07) is 7.71. The van der Waals surface area contributed by atoms with Crippen molar-refractivity contribution in [3.8, 4) is 6.07 Å². The fourth-order valence-corrected chi connectivity index (χ4v) is 4.25. The third kappa shape index (κ3) is 3.51. The summed E-state index contributed by atoms with van der Waals surface area (Å²) in [6.07, 6.45) is 1.10. The van der Waals surface area contributed by atoms with Crippen molar-refractivity contribution in [1.29, 1.82) is 5.26 Å². The van der Waals surface area contributed by atoms with Crippen LogP contribution in [-0.2, 0) is 22.7 Å². The molecule has 3 aliphatic heterocycles. The highest BCUT2D eigenvalue weighted by Gasteiger charge is 2.39. The molecule has 0 aromatic heterocycles. The van der Waals surface area contributed by atoms with Gasteiger partial charge in [-0.05, 0) is 23.6 Å². The number of hydrogen-bond donors (Lipinski definition) is 2. The van der Waals surface area contributed by atoms with Crippen molar-refractivity contribution < 1.29 is 14.4 Å². The lowest BCUT2D eigenvalue weighted by atomic mass is 10.0. The van der Waals surface area contributed by atoms with Crippen molar-refractivity contribution in [2.45, 2.75) is 44.4 Å². The molecule has 0 saturated carbocycles. The largest absolute Gasteiger partial charge is 0.322 e. The summed E-state index contributed by atoms with van der Waals surface area (Å²) >= 11 is 0. The van der Waals surface area contributed by atoms with E-state index in [9.17, 15) is 14.4 Å². The molecule has 1 aromatic rings. The number of amides is 3. The Balaban J connectivity index is 1.49. The molecule has 2 N–H and O–H groups in total. The Morgan fingerprint density at radius 3 is 2.89 bits per heavy atom. The van der Waals surface area contributed by atoms with Crippen LogP contribution in [0.3, 0.4) is 0 Å². The van der Waals surface area contributed by atoms with Crippen LogP contribution in [0, 0.1) is 11.3 Å². The SMILES string of the molecule is N#CCC1CNCCN1Cc1ccc2c(c1)C(=O)N(C1CCC(=O)NC1=O)C2. The summed E-state index contributed by atoms with van der Waals surface area (Å²) in [6.45, 7) is 3.62. The van der Waals surface area contributed by atoms with Crippen LogP contribution in [0.1, 0.15) is 40.7 Å². The molecular formula is C20H23N5O3. The number of carbonyl (C=O) groups is 3. The van der Waals surface area contributed by atoms with E-state index in [0.29, 0.717) is 31.5 Å². The van der Waals surface area contributed by atoms with E-state index >= 15 is 0 Å². The first kappa shape index (κ1) is 18.6. The molecule has 2 saturated heterocycles. The van der Waals surface area contributed by atoms with Crippen molar-refractivity contribution in [1.82, 2.24) is 20.4 Å². The molecule has 3 amide bonds. The topological polar surface area (TPSA) is 106 Å². The highest BCUT2D eigenvalue weighted by Crippen LogP contribution is 2.28. The number of carbonyl (C=O) groups excluding carboxylic acids is 3. The van der Waals surface area contributed by atoms with Gasteiger partial charge in [0.2, 0.25) is 11.8 Å². The lowest BCUT2D eigenvalue weighted by Gasteiger charge is -2.35. The summed E-state index contributed by atoms with van der Waals surface area (Å²) in [5.74, 6) is -0.825. The number of rotatable bonds is 4. The summed E-state index contributed by atoms with van der Waals surface area (Å²) in [5, 5.41) is 14.7. The van der Waals surface area contributed by atoms with Gasteiger partial charge in [0.1, 0.15) is 6.04 Å². The van der Waals surface area contributed by atoms with Gasteiger partial charge in [-0.25, -0.2) is 0 Å². The molecule has 146 valence electrons. The average Bonchev–Trinajstić information content (AvgIpc) is 3.00. The molecule has 28 heavy (non-hydrogen) atoms. The van der Waals surface area contributed by atoms with E-state index in [1.54, 1.807) is 4.90 Å². The molecule has 8 nitrogen and oxygen atoms in total. The molecule has 0 radical (unpaired) electrons. The van der Waals surface area contributed by atoms with Crippen molar-refractivity contribution >= 4 is 17.7 Å². The summed E-state index contributed by atoms with van der Waals surface area (Å²) in [7, 11) is 0. The molecule has 8 heteroatoms. The molecule has 4 rings (SSSR count). The van der Waals surface area contributed by atoms with Crippen molar-refractivity contribution in [3.05, 3.63) is 34.9 Å². The molecule has 0 spiro atoms. The number of nitrogens with one attached hydrogen (secondary N) is 2. The van der Waals surface area contributed by atoms with Crippen LogP contribution in [0.5, 0.6) is 0 Å². The Labute approximate surface area is 163 Å². The molecule has 1 aromatic carbocycles. The minimum absolute atomic E-state index is 0.153. The monoisotopic (exact) mass is 381 g/mol. The number of imide groups is 1. The van der Waals surface area contributed by atoms with Crippen LogP contribution < -0.4 is 10.6 Å². The van der Waals surface area contributed by atoms with Crippen molar-refractivity contribution in [2.75, 3.05) is 19.6 Å². The zero-order chi connectivity index (χ0) is 19.7. The minimum Gasteiger partial charge on any atom is -0.322 e. The molecule has 2 unspecified atom stereocenters. The normalized spacial score (nSPS) is 25.4. The van der Waals surface area contributed by atoms with Crippen molar-refractivity contribution in [2.24, 2.45) is 0 Å². The Bertz CT molecular complexity index is 862. The van der Waals surface area contributed by atoms with Gasteiger partial charge in [-0.2, -0.15) is 5.26 Å². The van der Waals surface area contributed by atoms with Crippen LogP contribution in [0.25, 0.3) is 0 Å². The number of piperazine rings is 1. The van der Waals surface area contributed by atoms with Crippen LogP contribution in [0.2, 0.25) is 0 Å². The van der Waals surface area contributed by atoms with Gasteiger partial charge in [-0.15, -0.1) is 0 Å². The second-order valence-electron chi connectivity index (χ2n) is 7.58. The maximum atomic E-state index is 12.9. The maximum absolute atomic E-state index is 12.9. The Morgan fingerprint density at radius 2 is 2.11 bits per heavy atom. The van der Waals surface area contributed by atoms with Gasteiger partial charge in [0, 0.05) is 50.7 Å². The fraction of sp³-hybridized carbons (Fsp3) is 0.500. The third-order valence-corrected chi connectivity index (χ3v) is 5.78. The number of hydrogen-bond acceptors (Lipinski definition) is 6. The second kappa shape index (κ2) is 7.70. The Morgan fingerprint density at radius 1 is 1.25 bits per heavy atom. The van der Waals surface area contributed by atoms with E-state index in [0.717, 1.165) is 30.8 Å². The maximum Gasteiger partial charge on any atom is 0.255 e. The zero-order valence-corrected chi connectivity index (χ0v) is 15.6. The highest BCUT2D eigenvalue weighted by atomic mass is 16.2. The van der Waals surface area contributed by atoms with Gasteiger partial charge >= 0.3 is 0 Å². The van der Waals surface area contributed by atoms with Gasteiger partial charge in [0.05, 0.1) is 12.5 Å². The molecule has 0 aliphatic carbocycles. The van der Waals surface area contributed by atoms with Gasteiger partial charge in [-0.1, -0.05) is 12.1 Å². The van der Waals surface area contributed by atoms with Crippen molar-refractivity contribution in [3.63, 3.8) is 0 Å². The molecule has 3 aliphatic rings. The van der Waals surface area contributed by atoms with E-state index in [-0.39, 0.29) is 24.3 Å². The number of fused-ring (bicyclic) bond motifs is 1. The first-order valence-electron chi connectivity index (χ1n) is 9.65. The van der Waals surface area contributed by atoms with E-state index in [1.807, 2.05) is 18.2 Å². The number of benzene rings is 1. The second-order valence-corrected chi connectivity index (χ2v) is 7.58. The summed E-state index contributed by atoms with van der Waals surface area (Å²) < 4.78 is 0. The molecule has 2 atom stereocenters. The smallest absolute Gasteiger partial charge is 0.255 e. The van der Waals surface area contributed by atoms with E-state index in [1.165, 1.54) is 0 Å². The van der Waals surface area contributed by atoms with E-state index in [2.05, 4.69) is 21.6 Å². The number of piperidine rings is 1. The van der Waals surface area contributed by atoms with E-state index < -0.39 is 11.9 Å². The molecule has 0 bridgehead atoms. The fourth-order valence-electron chi connectivity index (χ4n) is 4.25. The quantitative estimate of drug-likeness (QED) is 0.719. The van der Waals surface area contributed by atoms with Gasteiger partial charge in [0.25, 0.3) is 5.91 Å². The van der Waals surface area contributed by atoms with Gasteiger partial charge in [-0.3, -0.25) is 24.6 Å². The predicted octanol–water partition coefficient (Wildman–Crippen LogP) is 0.135. The third-order valence-electron chi connectivity index (χ3n) is 5.78. The standard InChI is InChI=1S/C20H23N5O3/c21-6-5-15-10-22-7-8-24(15)11-13-1-2-14-12-25(20(28)16(14)9-13)17-3-4-18(26)23-19(17)27/h1-2,9,15,17,22H,3-5,7-8,10-12H2,(H,23,26,27). The zero-order valence-electron chi connectivity index (χ0n) is 15.6. The lowest BCUT2D eigenvalue weighted by Crippen LogP contribution is -2.52. The van der Waals surface area contributed by atoms with Gasteiger partial charge in [0.15, 0.2) is 0 Å². The van der Waals surface area contributed by atoms with E-state index in [4.69, 9.17) is 5.26 Å². The summed E-state index contributed by atoms with van der Waals surface area (Å²) in [5.41, 5.74) is 2.57. The lowest BCUT2D eigenvalue weighted by molar-refractivity contribution is -0.136. The Hall–Kier alpha value is -2.76. The highest BCUT2D eigenvalue weighted by molar-refractivity contribution is 6.05. The van der Waals surface area contributed by atoms with Crippen LogP contribution in [-0.4, -0.2) is 59.2 Å².